The summed E-state index contributed by atoms with van der Waals surface area (Å²) in [6, 6.07) is 22.0. The van der Waals surface area contributed by atoms with E-state index in [1.54, 1.807) is 32.9 Å². The number of thiazole rings is 1. The molecule has 3 aromatic carbocycles. The Morgan fingerprint density at radius 2 is 1.84 bits per heavy atom. The first kappa shape index (κ1) is 28.0. The SMILES string of the molecule is CCOC(=O)C1=C(C)N=c2s/c(=C/c3cn(Cc4ccccc4)c4ccccc34)c(=O)n2[C@H]1c1ccc(C)c([N+](=O)[O-])c1. The molecule has 9 nitrogen and oxygen atoms in total. The molecule has 10 heteroatoms. The average Bonchev–Trinajstić information content (AvgIpc) is 3.49. The summed E-state index contributed by atoms with van der Waals surface area (Å²) in [6.45, 7) is 5.84. The predicted octanol–water partition coefficient (Wildman–Crippen LogP) is 5.02. The van der Waals surface area contributed by atoms with Crippen LogP contribution in [0.25, 0.3) is 17.0 Å². The molecule has 0 N–H and O–H groups in total. The molecule has 1 aliphatic rings. The van der Waals surface area contributed by atoms with E-state index in [-0.39, 0.29) is 23.4 Å². The first-order chi connectivity index (χ1) is 20.8. The summed E-state index contributed by atoms with van der Waals surface area (Å²) < 4.78 is 9.39. The number of aryl methyl sites for hydroxylation is 1. The van der Waals surface area contributed by atoms with Crippen LogP contribution in [0, 0.1) is 17.0 Å². The average molecular weight is 593 g/mol. The number of carbonyl (C=O) groups is 1. The second-order valence-electron chi connectivity index (χ2n) is 10.3. The highest BCUT2D eigenvalue weighted by Crippen LogP contribution is 2.33. The van der Waals surface area contributed by atoms with Crippen molar-refractivity contribution in [2.24, 2.45) is 4.99 Å². The van der Waals surface area contributed by atoms with Gasteiger partial charge in [-0.3, -0.25) is 19.5 Å². The summed E-state index contributed by atoms with van der Waals surface area (Å²) in [6.07, 6.45) is 3.89. The van der Waals surface area contributed by atoms with Crippen LogP contribution < -0.4 is 14.9 Å². The van der Waals surface area contributed by atoms with Gasteiger partial charge in [0.1, 0.15) is 0 Å². The van der Waals surface area contributed by atoms with E-state index >= 15 is 0 Å². The zero-order chi connectivity index (χ0) is 30.2. The Hall–Kier alpha value is -5.09. The molecule has 43 heavy (non-hydrogen) atoms. The lowest BCUT2D eigenvalue weighted by molar-refractivity contribution is -0.385. The Bertz CT molecular complexity index is 2120. The first-order valence-electron chi connectivity index (χ1n) is 13.8. The maximum atomic E-state index is 14.1. The summed E-state index contributed by atoms with van der Waals surface area (Å²) in [5.41, 5.74) is 4.13. The Morgan fingerprint density at radius 1 is 1.09 bits per heavy atom. The summed E-state index contributed by atoms with van der Waals surface area (Å²) in [4.78, 5) is 43.7. The van der Waals surface area contributed by atoms with E-state index in [0.29, 0.717) is 32.7 Å². The van der Waals surface area contributed by atoms with E-state index in [2.05, 4.69) is 27.8 Å². The van der Waals surface area contributed by atoms with Crippen molar-refractivity contribution in [3.05, 3.63) is 142 Å². The molecule has 0 radical (unpaired) electrons. The molecule has 3 heterocycles. The molecule has 216 valence electrons. The van der Waals surface area contributed by atoms with Crippen molar-refractivity contribution in [3.63, 3.8) is 0 Å². The van der Waals surface area contributed by atoms with Crippen molar-refractivity contribution in [1.82, 2.24) is 9.13 Å². The van der Waals surface area contributed by atoms with Gasteiger partial charge in [-0.2, -0.15) is 0 Å². The predicted molar refractivity (Wildman–Crippen MR) is 166 cm³/mol. The van der Waals surface area contributed by atoms with E-state index in [4.69, 9.17) is 4.74 Å². The Kier molecular flexibility index (Phi) is 7.37. The number of benzene rings is 3. The number of nitro groups is 1. The Labute approximate surface area is 250 Å². The highest BCUT2D eigenvalue weighted by atomic mass is 32.1. The van der Waals surface area contributed by atoms with E-state index in [1.165, 1.54) is 22.0 Å². The van der Waals surface area contributed by atoms with Crippen LogP contribution in [0.5, 0.6) is 0 Å². The summed E-state index contributed by atoms with van der Waals surface area (Å²) in [5.74, 6) is -0.616. The van der Waals surface area contributed by atoms with Gasteiger partial charge in [-0.25, -0.2) is 9.79 Å². The van der Waals surface area contributed by atoms with Crippen molar-refractivity contribution >= 4 is 40.0 Å². The quantitative estimate of drug-likeness (QED) is 0.150. The molecule has 1 atom stereocenters. The lowest BCUT2D eigenvalue weighted by atomic mass is 9.94. The van der Waals surface area contributed by atoms with E-state index < -0.39 is 16.9 Å². The molecule has 0 unspecified atom stereocenters. The molecule has 0 fully saturated rings. The van der Waals surface area contributed by atoms with Crippen LogP contribution in [0.3, 0.4) is 0 Å². The molecule has 6 rings (SSSR count). The summed E-state index contributed by atoms with van der Waals surface area (Å²) in [5, 5.41) is 12.8. The number of nitrogens with zero attached hydrogens (tertiary/aromatic N) is 4. The van der Waals surface area contributed by atoms with Gasteiger partial charge in [0.2, 0.25) is 0 Å². The zero-order valence-corrected chi connectivity index (χ0v) is 24.6. The number of allylic oxidation sites excluding steroid dienone is 1. The molecular formula is C33H28N4O5S. The number of hydrogen-bond donors (Lipinski definition) is 0. The van der Waals surface area contributed by atoms with Gasteiger partial charge in [0, 0.05) is 40.8 Å². The second-order valence-corrected chi connectivity index (χ2v) is 11.3. The van der Waals surface area contributed by atoms with Crippen LogP contribution >= 0.6 is 11.3 Å². The van der Waals surface area contributed by atoms with Crippen LogP contribution in [0.4, 0.5) is 5.69 Å². The van der Waals surface area contributed by atoms with Gasteiger partial charge in [-0.1, -0.05) is 72.0 Å². The smallest absolute Gasteiger partial charge is 0.338 e. The molecule has 0 saturated heterocycles. The highest BCUT2D eigenvalue weighted by molar-refractivity contribution is 7.07. The fraction of sp³-hybridized carbons (Fsp3) is 0.182. The molecule has 1 aliphatic heterocycles. The van der Waals surface area contributed by atoms with Gasteiger partial charge < -0.3 is 9.30 Å². The zero-order valence-electron chi connectivity index (χ0n) is 23.8. The topological polar surface area (TPSA) is 109 Å². The minimum Gasteiger partial charge on any atom is -0.463 e. The van der Waals surface area contributed by atoms with Gasteiger partial charge in [-0.05, 0) is 44.0 Å². The summed E-state index contributed by atoms with van der Waals surface area (Å²) >= 11 is 1.22. The molecular weight excluding hydrogens is 564 g/mol. The normalized spacial score (nSPS) is 15.0. The van der Waals surface area contributed by atoms with Crippen molar-refractivity contribution in [1.29, 1.82) is 0 Å². The second kappa shape index (κ2) is 11.3. The first-order valence-corrected chi connectivity index (χ1v) is 14.6. The van der Waals surface area contributed by atoms with Crippen LogP contribution in [-0.2, 0) is 16.1 Å². The number of ether oxygens (including phenoxy) is 1. The third-order valence-corrected chi connectivity index (χ3v) is 8.55. The standard InChI is InChI=1S/C33H28N4O5S/c1-4-42-32(39)29-21(3)34-33-36(30(29)23-15-14-20(2)27(16-23)37(40)41)31(38)28(43-33)17-24-19-35(18-22-10-6-5-7-11-22)26-13-9-8-12-25(24)26/h5-17,19,30H,4,18H2,1-3H3/b28-17+/t30-/m0/s1. The molecule has 0 bridgehead atoms. The monoisotopic (exact) mass is 592 g/mol. The van der Waals surface area contributed by atoms with Gasteiger partial charge in [0.05, 0.1) is 33.4 Å². The molecule has 2 aromatic heterocycles. The van der Waals surface area contributed by atoms with Crippen molar-refractivity contribution in [3.8, 4) is 0 Å². The third-order valence-electron chi connectivity index (χ3n) is 7.56. The van der Waals surface area contributed by atoms with Crippen molar-refractivity contribution in [2.45, 2.75) is 33.4 Å². The maximum Gasteiger partial charge on any atom is 0.338 e. The third kappa shape index (κ3) is 5.10. The van der Waals surface area contributed by atoms with Gasteiger partial charge in [0.15, 0.2) is 4.80 Å². The minimum absolute atomic E-state index is 0.0938. The number of aromatic nitrogens is 2. The van der Waals surface area contributed by atoms with Crippen LogP contribution in [0.2, 0.25) is 0 Å². The van der Waals surface area contributed by atoms with E-state index in [9.17, 15) is 19.7 Å². The van der Waals surface area contributed by atoms with Gasteiger partial charge in [-0.15, -0.1) is 0 Å². The van der Waals surface area contributed by atoms with Crippen molar-refractivity contribution in [2.75, 3.05) is 6.61 Å². The van der Waals surface area contributed by atoms with Crippen LogP contribution in [0.15, 0.2) is 100 Å². The van der Waals surface area contributed by atoms with Gasteiger partial charge in [0.25, 0.3) is 11.2 Å². The number of para-hydroxylation sites is 1. The van der Waals surface area contributed by atoms with E-state index in [1.807, 2.05) is 48.7 Å². The van der Waals surface area contributed by atoms with Crippen LogP contribution in [0.1, 0.15) is 42.1 Å². The molecule has 5 aromatic rings. The molecule has 0 aliphatic carbocycles. The van der Waals surface area contributed by atoms with Gasteiger partial charge >= 0.3 is 5.97 Å². The number of hydrogen-bond acceptors (Lipinski definition) is 7. The highest BCUT2D eigenvalue weighted by Gasteiger charge is 2.34. The number of rotatable bonds is 7. The van der Waals surface area contributed by atoms with E-state index in [0.717, 1.165) is 22.0 Å². The van der Waals surface area contributed by atoms with Crippen molar-refractivity contribution < 1.29 is 14.5 Å². The maximum absolute atomic E-state index is 14.1. The lowest BCUT2D eigenvalue weighted by Crippen LogP contribution is -2.40. The fourth-order valence-corrected chi connectivity index (χ4v) is 6.58. The van der Waals surface area contributed by atoms with Crippen LogP contribution in [-0.4, -0.2) is 26.6 Å². The number of fused-ring (bicyclic) bond motifs is 2. The molecule has 0 spiro atoms. The molecule has 0 amide bonds. The lowest BCUT2D eigenvalue weighted by Gasteiger charge is -2.24. The summed E-state index contributed by atoms with van der Waals surface area (Å²) in [7, 11) is 0. The molecule has 0 saturated carbocycles. The number of esters is 1. The minimum atomic E-state index is -0.934. The largest absolute Gasteiger partial charge is 0.463 e. The Morgan fingerprint density at radius 3 is 2.58 bits per heavy atom. The number of nitro benzene ring substituents is 1. The Balaban J connectivity index is 1.54. The fourth-order valence-electron chi connectivity index (χ4n) is 5.54. The number of carbonyl (C=O) groups excluding carboxylic acids is 1.